The molecule has 0 bridgehead atoms. The van der Waals surface area contributed by atoms with Crippen LogP contribution in [-0.4, -0.2) is 50.3 Å². The van der Waals surface area contributed by atoms with Gasteiger partial charge in [0.15, 0.2) is 0 Å². The average Bonchev–Trinajstić information content (AvgIpc) is 2.40. The molecule has 6 heteroatoms. The van der Waals surface area contributed by atoms with E-state index in [1.165, 1.54) is 5.69 Å². The van der Waals surface area contributed by atoms with Gasteiger partial charge in [-0.05, 0) is 24.7 Å². The van der Waals surface area contributed by atoms with Gasteiger partial charge in [0.05, 0.1) is 6.21 Å². The third kappa shape index (κ3) is 3.96. The van der Waals surface area contributed by atoms with Crippen molar-refractivity contribution in [3.63, 3.8) is 0 Å². The molecule has 1 saturated heterocycles. The summed E-state index contributed by atoms with van der Waals surface area (Å²) < 4.78 is 0. The molecule has 2 rings (SSSR count). The van der Waals surface area contributed by atoms with Crippen molar-refractivity contribution in [2.75, 3.05) is 38.1 Å². The lowest BCUT2D eigenvalue weighted by molar-refractivity contribution is 0.313. The molecule has 0 saturated carbocycles. The number of piperazine rings is 1. The summed E-state index contributed by atoms with van der Waals surface area (Å²) in [6.45, 7) is 4.34. The van der Waals surface area contributed by atoms with Crippen LogP contribution < -0.4 is 16.4 Å². The zero-order valence-electron chi connectivity index (χ0n) is 11.2. The van der Waals surface area contributed by atoms with Crippen LogP contribution in [0.2, 0.25) is 0 Å². The summed E-state index contributed by atoms with van der Waals surface area (Å²) >= 11 is 0. The maximum Gasteiger partial charge on any atom is 0.211 e. The van der Waals surface area contributed by atoms with Crippen molar-refractivity contribution in [2.24, 2.45) is 21.7 Å². The van der Waals surface area contributed by atoms with Gasteiger partial charge < -0.3 is 21.3 Å². The van der Waals surface area contributed by atoms with Crippen molar-refractivity contribution in [1.82, 2.24) is 4.90 Å². The molecule has 0 atom stereocenters. The number of benzene rings is 1. The van der Waals surface area contributed by atoms with Crippen LogP contribution in [0.25, 0.3) is 0 Å². The Morgan fingerprint density at radius 2 is 1.74 bits per heavy atom. The van der Waals surface area contributed by atoms with E-state index >= 15 is 0 Å². The van der Waals surface area contributed by atoms with Crippen LogP contribution in [0.15, 0.2) is 34.5 Å². The van der Waals surface area contributed by atoms with Gasteiger partial charge in [0.25, 0.3) is 0 Å². The van der Waals surface area contributed by atoms with Crippen molar-refractivity contribution < 1.29 is 0 Å². The van der Waals surface area contributed by atoms with Crippen LogP contribution in [-0.2, 0) is 0 Å². The Balaban J connectivity index is 1.98. The molecule has 1 aliphatic heterocycles. The highest BCUT2D eigenvalue weighted by Crippen LogP contribution is 2.16. The maximum atomic E-state index is 5.19. The first kappa shape index (κ1) is 13.4. The van der Waals surface area contributed by atoms with E-state index in [9.17, 15) is 0 Å². The van der Waals surface area contributed by atoms with Crippen molar-refractivity contribution in [3.8, 4) is 0 Å². The predicted molar refractivity (Wildman–Crippen MR) is 79.6 cm³/mol. The molecule has 0 unspecified atom stereocenters. The van der Waals surface area contributed by atoms with Crippen LogP contribution >= 0.6 is 0 Å². The Morgan fingerprint density at radius 1 is 1.11 bits per heavy atom. The number of likely N-dealkylation sites (N-methyl/N-ethyl adjacent to an activating group) is 1. The van der Waals surface area contributed by atoms with E-state index < -0.39 is 0 Å². The van der Waals surface area contributed by atoms with Gasteiger partial charge in [0.1, 0.15) is 0 Å². The first-order valence-corrected chi connectivity index (χ1v) is 6.30. The minimum Gasteiger partial charge on any atom is -0.369 e. The van der Waals surface area contributed by atoms with Crippen LogP contribution in [0, 0.1) is 0 Å². The quantitative estimate of drug-likeness (QED) is 0.457. The summed E-state index contributed by atoms with van der Waals surface area (Å²) in [7, 11) is 2.15. The summed E-state index contributed by atoms with van der Waals surface area (Å²) in [6.07, 6.45) is 1.63. The fourth-order valence-corrected chi connectivity index (χ4v) is 2.00. The van der Waals surface area contributed by atoms with Crippen LogP contribution in [0.3, 0.4) is 0 Å². The van der Waals surface area contributed by atoms with Crippen LogP contribution in [0.4, 0.5) is 5.69 Å². The molecule has 0 aromatic heterocycles. The van der Waals surface area contributed by atoms with E-state index in [2.05, 4.69) is 39.2 Å². The van der Waals surface area contributed by atoms with Gasteiger partial charge in [-0.1, -0.05) is 12.1 Å². The van der Waals surface area contributed by atoms with E-state index in [0.717, 1.165) is 31.7 Å². The lowest BCUT2D eigenvalue weighted by Gasteiger charge is -2.34. The standard InChI is InChI=1S/C13H20N6/c1-18-6-8-19(9-7-18)12-4-2-11(3-5-12)10-16-17-13(14)15/h2-5,10H,6-9H2,1H3,(H4,14,15,17). The third-order valence-corrected chi connectivity index (χ3v) is 3.14. The molecule has 102 valence electrons. The second-order valence-corrected chi connectivity index (χ2v) is 4.65. The summed E-state index contributed by atoms with van der Waals surface area (Å²) in [5.41, 5.74) is 12.6. The molecule has 1 aromatic rings. The van der Waals surface area contributed by atoms with Crippen molar-refractivity contribution in [1.29, 1.82) is 0 Å². The monoisotopic (exact) mass is 260 g/mol. The Labute approximate surface area is 113 Å². The molecule has 1 heterocycles. The normalized spacial score (nSPS) is 16.8. The van der Waals surface area contributed by atoms with Gasteiger partial charge in [0.2, 0.25) is 5.96 Å². The Morgan fingerprint density at radius 3 is 2.32 bits per heavy atom. The number of nitrogens with two attached hydrogens (primary N) is 2. The molecule has 0 spiro atoms. The second kappa shape index (κ2) is 6.19. The summed E-state index contributed by atoms with van der Waals surface area (Å²) in [4.78, 5) is 4.73. The van der Waals surface area contributed by atoms with Gasteiger partial charge >= 0.3 is 0 Å². The van der Waals surface area contributed by atoms with E-state index in [4.69, 9.17) is 11.5 Å². The van der Waals surface area contributed by atoms with E-state index in [-0.39, 0.29) is 5.96 Å². The zero-order valence-corrected chi connectivity index (χ0v) is 11.2. The summed E-state index contributed by atoms with van der Waals surface area (Å²) in [5, 5.41) is 7.35. The number of nitrogens with zero attached hydrogens (tertiary/aromatic N) is 4. The Kier molecular flexibility index (Phi) is 4.35. The summed E-state index contributed by atoms with van der Waals surface area (Å²) in [6, 6.07) is 8.23. The highest BCUT2D eigenvalue weighted by Gasteiger charge is 2.13. The van der Waals surface area contributed by atoms with Gasteiger partial charge in [-0.2, -0.15) is 5.10 Å². The van der Waals surface area contributed by atoms with Gasteiger partial charge in [0, 0.05) is 31.9 Å². The van der Waals surface area contributed by atoms with Gasteiger partial charge in [-0.3, -0.25) is 0 Å². The smallest absolute Gasteiger partial charge is 0.211 e. The molecule has 1 aromatic carbocycles. The third-order valence-electron chi connectivity index (χ3n) is 3.14. The molecular formula is C13H20N6. The van der Waals surface area contributed by atoms with Crippen molar-refractivity contribution in [3.05, 3.63) is 29.8 Å². The van der Waals surface area contributed by atoms with Crippen molar-refractivity contribution >= 4 is 17.9 Å². The molecule has 1 fully saturated rings. The largest absolute Gasteiger partial charge is 0.369 e. The topological polar surface area (TPSA) is 83.2 Å². The Bertz CT molecular complexity index is 453. The predicted octanol–water partition coefficient (Wildman–Crippen LogP) is 0.0457. The fraction of sp³-hybridized carbons (Fsp3) is 0.385. The number of hydrogen-bond acceptors (Lipinski definition) is 4. The lowest BCUT2D eigenvalue weighted by atomic mass is 10.2. The average molecular weight is 260 g/mol. The highest BCUT2D eigenvalue weighted by molar-refractivity contribution is 5.82. The van der Waals surface area contributed by atoms with Gasteiger partial charge in [-0.15, -0.1) is 5.10 Å². The fourth-order valence-electron chi connectivity index (χ4n) is 2.00. The number of hydrogen-bond donors (Lipinski definition) is 2. The summed E-state index contributed by atoms with van der Waals surface area (Å²) in [5.74, 6) is -0.0368. The zero-order chi connectivity index (χ0) is 13.7. The van der Waals surface area contributed by atoms with E-state index in [0.29, 0.717) is 0 Å². The van der Waals surface area contributed by atoms with Crippen molar-refractivity contribution in [2.45, 2.75) is 0 Å². The number of anilines is 1. The maximum absolute atomic E-state index is 5.19. The minimum atomic E-state index is -0.0368. The molecule has 1 aliphatic rings. The SMILES string of the molecule is CN1CCN(c2ccc(C=NN=C(N)N)cc2)CC1. The number of rotatable bonds is 3. The molecule has 19 heavy (non-hydrogen) atoms. The molecule has 4 N–H and O–H groups in total. The minimum absolute atomic E-state index is 0.0368. The van der Waals surface area contributed by atoms with E-state index in [1.807, 2.05) is 12.1 Å². The number of guanidine groups is 1. The first-order valence-electron chi connectivity index (χ1n) is 6.30. The molecule has 0 amide bonds. The lowest BCUT2D eigenvalue weighted by Crippen LogP contribution is -2.44. The molecule has 6 nitrogen and oxygen atoms in total. The van der Waals surface area contributed by atoms with E-state index in [1.54, 1.807) is 6.21 Å². The molecule has 0 aliphatic carbocycles. The first-order chi connectivity index (χ1) is 9.15. The second-order valence-electron chi connectivity index (χ2n) is 4.65. The van der Waals surface area contributed by atoms with Gasteiger partial charge in [-0.25, -0.2) is 0 Å². The highest BCUT2D eigenvalue weighted by atomic mass is 15.3. The van der Waals surface area contributed by atoms with Crippen LogP contribution in [0.5, 0.6) is 0 Å². The van der Waals surface area contributed by atoms with Crippen LogP contribution in [0.1, 0.15) is 5.56 Å². The molecule has 0 radical (unpaired) electrons. The molecular weight excluding hydrogens is 240 g/mol. The Hall–Kier alpha value is -2.08.